The van der Waals surface area contributed by atoms with E-state index in [1.807, 2.05) is 110 Å². The largest absolute Gasteiger partial charge is 0.481 e. The van der Waals surface area contributed by atoms with E-state index in [2.05, 4.69) is 37.7 Å². The van der Waals surface area contributed by atoms with Crippen molar-refractivity contribution in [2.24, 2.45) is 15.3 Å². The maximum absolute atomic E-state index is 12.6. The zero-order chi connectivity index (χ0) is 44.4. The number of hydrogen-bond donors (Lipinski definition) is 0. The molecule has 0 amide bonds. The van der Waals surface area contributed by atoms with Crippen molar-refractivity contribution in [3.05, 3.63) is 99.9 Å². The highest BCUT2D eigenvalue weighted by atomic mass is 32.4. The van der Waals surface area contributed by atoms with Crippen LogP contribution in [0.3, 0.4) is 0 Å². The molecule has 0 aliphatic carbocycles. The summed E-state index contributed by atoms with van der Waals surface area (Å²) in [6.45, 7) is 9.70. The maximum Gasteiger partial charge on any atom is 0.358 e. The van der Waals surface area contributed by atoms with E-state index >= 15 is 0 Å². The lowest BCUT2D eigenvalue weighted by Crippen LogP contribution is -2.31. The summed E-state index contributed by atoms with van der Waals surface area (Å²) in [5.74, 6) is 2.00. The predicted octanol–water partition coefficient (Wildman–Crippen LogP) is 13.1. The van der Waals surface area contributed by atoms with Gasteiger partial charge < -0.3 is 23.3 Å². The van der Waals surface area contributed by atoms with E-state index < -0.39 is 37.7 Å². The van der Waals surface area contributed by atoms with Gasteiger partial charge in [-0.25, -0.2) is 0 Å². The molecule has 18 heteroatoms. The molecule has 0 spiro atoms. The lowest BCUT2D eigenvalue weighted by atomic mass is 10.1. The van der Waals surface area contributed by atoms with Crippen LogP contribution in [0.4, 0.5) is 0 Å². The number of unbranched alkanes of at least 4 members (excludes halogenated alkanes) is 2. The molecule has 0 fully saturated rings. The Balaban J connectivity index is 1.65. The Kier molecular flexibility index (Phi) is 20.5. The van der Waals surface area contributed by atoms with E-state index in [9.17, 15) is 4.57 Å². The second kappa shape index (κ2) is 24.2. The second-order valence-corrected chi connectivity index (χ2v) is 23.4. The summed E-state index contributed by atoms with van der Waals surface area (Å²) in [6.07, 6.45) is 10.7. The second-order valence-electron chi connectivity index (χ2n) is 14.9. The molecule has 0 aliphatic rings. The third-order valence-corrected chi connectivity index (χ3v) is 18.7. The van der Waals surface area contributed by atoms with E-state index in [1.165, 1.54) is 14.2 Å². The molecular formula is C42H62N7O6P3S2+2. The monoisotopic (exact) mass is 917 g/mol. The van der Waals surface area contributed by atoms with Crippen molar-refractivity contribution < 1.29 is 27.8 Å². The molecule has 326 valence electrons. The van der Waals surface area contributed by atoms with Crippen LogP contribution in [0.25, 0.3) is 10.4 Å². The lowest BCUT2D eigenvalue weighted by molar-refractivity contribution is 0.0835. The first-order valence-corrected chi connectivity index (χ1v) is 26.5. The van der Waals surface area contributed by atoms with Gasteiger partial charge in [-0.1, -0.05) is 45.7 Å². The summed E-state index contributed by atoms with van der Waals surface area (Å²) >= 11 is 12.2. The van der Waals surface area contributed by atoms with Crippen LogP contribution >= 0.6 is 21.3 Å². The molecule has 0 radical (unpaired) electrons. The third-order valence-electron chi connectivity index (χ3n) is 9.64. The summed E-state index contributed by atoms with van der Waals surface area (Å²) in [7, 11) is 3.35. The summed E-state index contributed by atoms with van der Waals surface area (Å²) in [5, 5.41) is 12.0. The summed E-state index contributed by atoms with van der Waals surface area (Å²) in [6, 6.07) is 22.7. The molecule has 0 saturated carbocycles. The smallest absolute Gasteiger partial charge is 0.358 e. The maximum atomic E-state index is 12.6. The number of benzene rings is 3. The number of azide groups is 1. The quantitative estimate of drug-likeness (QED) is 0.0138. The first-order valence-electron chi connectivity index (χ1n) is 20.1. The Hall–Kier alpha value is -3.50. The minimum absolute atomic E-state index is 0.168. The van der Waals surface area contributed by atoms with Gasteiger partial charge in [0.25, 0.3) is 10.7 Å². The van der Waals surface area contributed by atoms with Crippen molar-refractivity contribution in [3.63, 3.8) is 0 Å². The van der Waals surface area contributed by atoms with Crippen LogP contribution in [0.15, 0.2) is 88.1 Å². The van der Waals surface area contributed by atoms with Gasteiger partial charge in [-0.3, -0.25) is 4.57 Å². The van der Waals surface area contributed by atoms with E-state index in [-0.39, 0.29) is 6.16 Å². The molecule has 0 N–H and O–H groups in total. The SMILES string of the molecule is CCCCCC(C)(N=[N+]=[N-])Oc1ccc(/C=N/N(C)[P+](=S)C(C)(CCC)Oc2ccc(/C=N/N(C)[P+](=S)C(C)(CCC)Oc3ccc(CP(=O)(OC)OC)cc3)cc2)cc1. The molecule has 3 aromatic carbocycles. The molecule has 13 nitrogen and oxygen atoms in total. The topological polar surface area (TPSA) is 143 Å². The van der Waals surface area contributed by atoms with Gasteiger partial charge in [-0.15, -0.1) is 19.8 Å². The standard InChI is InChI=1S/C42H62N7O6P3S2/c1-11-14-15-30-40(4,46-47-43)53-37-22-16-34(17-23-37)31-44-48(7)56(59)41(5,28-12-2)54-38-24-18-35(19-25-38)32-45-49(8)57(60)42(6,29-13-3)55-39-26-20-36(21-27-39)33-58(50,51-9)52-10/h16-27,31-32H,11-15,28-30,33H2,1-10H3/q+2/b44-31+,45-32+. The highest BCUT2D eigenvalue weighted by molar-refractivity contribution is 8.04. The highest BCUT2D eigenvalue weighted by Gasteiger charge is 2.47. The van der Waals surface area contributed by atoms with Gasteiger partial charge in [-0.05, 0) is 121 Å². The molecule has 0 aliphatic heterocycles. The average Bonchev–Trinajstić information content (AvgIpc) is 3.23. The fraction of sp³-hybridized carbons (Fsp3) is 0.524. The number of hydrogen-bond acceptors (Lipinski definition) is 11. The van der Waals surface area contributed by atoms with Gasteiger partial charge >= 0.3 is 21.3 Å². The number of rotatable bonds is 27. The van der Waals surface area contributed by atoms with Gasteiger partial charge in [0.2, 0.25) is 0 Å². The number of hydrazone groups is 2. The van der Waals surface area contributed by atoms with E-state index in [4.69, 9.17) is 62.6 Å². The predicted molar refractivity (Wildman–Crippen MR) is 254 cm³/mol. The van der Waals surface area contributed by atoms with Gasteiger partial charge in [0, 0.05) is 45.8 Å². The summed E-state index contributed by atoms with van der Waals surface area (Å²) in [4.78, 5) is 3.01. The van der Waals surface area contributed by atoms with Crippen LogP contribution in [-0.4, -0.2) is 66.7 Å². The fourth-order valence-electron chi connectivity index (χ4n) is 6.32. The Morgan fingerprint density at radius 2 is 1.10 bits per heavy atom. The molecule has 60 heavy (non-hydrogen) atoms. The Morgan fingerprint density at radius 1 is 0.683 bits per heavy atom. The Bertz CT molecular complexity index is 2000. The zero-order valence-corrected chi connectivity index (χ0v) is 41.0. The number of nitrogens with zero attached hydrogens (tertiary/aromatic N) is 7. The fourth-order valence-corrected chi connectivity index (χ4v) is 11.1. The first-order chi connectivity index (χ1) is 28.5. The molecule has 0 saturated heterocycles. The minimum Gasteiger partial charge on any atom is -0.481 e. The van der Waals surface area contributed by atoms with Crippen LogP contribution in [-0.2, 0) is 43.4 Å². The van der Waals surface area contributed by atoms with E-state index in [0.717, 1.165) is 61.6 Å². The summed E-state index contributed by atoms with van der Waals surface area (Å²) in [5.41, 5.74) is 10.7. The van der Waals surface area contributed by atoms with Crippen molar-refractivity contribution in [3.8, 4) is 17.2 Å². The molecule has 5 unspecified atom stereocenters. The molecule has 5 atom stereocenters. The van der Waals surface area contributed by atoms with Crippen molar-refractivity contribution >= 4 is 57.3 Å². The van der Waals surface area contributed by atoms with Gasteiger partial charge in [0.05, 0.1) is 32.7 Å². The van der Waals surface area contributed by atoms with Crippen molar-refractivity contribution in [1.82, 2.24) is 9.56 Å². The molecule has 3 rings (SSSR count). The Labute approximate surface area is 369 Å². The zero-order valence-electron chi connectivity index (χ0n) is 36.7. The van der Waals surface area contributed by atoms with Gasteiger partial charge in [0.1, 0.15) is 17.2 Å². The third kappa shape index (κ3) is 15.4. The highest BCUT2D eigenvalue weighted by Crippen LogP contribution is 2.50. The molecule has 0 aromatic heterocycles. The lowest BCUT2D eigenvalue weighted by Gasteiger charge is -2.25. The van der Waals surface area contributed by atoms with Crippen molar-refractivity contribution in [2.45, 2.75) is 115 Å². The number of ether oxygens (including phenoxy) is 3. The van der Waals surface area contributed by atoms with Crippen LogP contribution in [0.1, 0.15) is 110 Å². The van der Waals surface area contributed by atoms with E-state index in [0.29, 0.717) is 23.7 Å². The van der Waals surface area contributed by atoms with Crippen LogP contribution in [0.2, 0.25) is 0 Å². The van der Waals surface area contributed by atoms with Crippen LogP contribution < -0.4 is 14.2 Å². The van der Waals surface area contributed by atoms with Gasteiger partial charge in [0.15, 0.2) is 29.3 Å². The Morgan fingerprint density at radius 3 is 1.48 bits per heavy atom. The summed E-state index contributed by atoms with van der Waals surface area (Å²) < 4.78 is 45.6. The molecule has 3 aromatic rings. The van der Waals surface area contributed by atoms with E-state index in [1.54, 1.807) is 12.4 Å². The van der Waals surface area contributed by atoms with Crippen molar-refractivity contribution in [1.29, 1.82) is 0 Å². The van der Waals surface area contributed by atoms with Crippen molar-refractivity contribution in [2.75, 3.05) is 28.3 Å². The molecule has 0 heterocycles. The van der Waals surface area contributed by atoms with Crippen LogP contribution in [0.5, 0.6) is 17.2 Å². The van der Waals surface area contributed by atoms with Gasteiger partial charge in [-0.2, -0.15) is 0 Å². The first kappa shape index (κ1) is 50.9. The molecular weight excluding hydrogens is 856 g/mol. The normalized spacial score (nSPS) is 15.3. The molecule has 0 bridgehead atoms. The van der Waals surface area contributed by atoms with Crippen LogP contribution in [0, 0.1) is 0 Å². The minimum atomic E-state index is -3.18. The average molecular weight is 918 g/mol.